The number of aromatic amines is 1. The number of halogens is 1. The van der Waals surface area contributed by atoms with Crippen molar-refractivity contribution in [2.24, 2.45) is 7.05 Å². The fourth-order valence-electron chi connectivity index (χ4n) is 4.01. The lowest BCUT2D eigenvalue weighted by molar-refractivity contribution is 0.242. The minimum atomic E-state index is -0.390. The first kappa shape index (κ1) is 20.7. The van der Waals surface area contributed by atoms with Gasteiger partial charge in [0.1, 0.15) is 5.82 Å². The molecule has 30 heavy (non-hydrogen) atoms. The molecule has 1 saturated heterocycles. The number of nitrogens with zero attached hydrogens (tertiary/aromatic N) is 5. The largest absolute Gasteiger partial charge is 0.368 e. The van der Waals surface area contributed by atoms with Crippen molar-refractivity contribution in [3.63, 3.8) is 0 Å². The number of aryl methyl sites for hydroxylation is 2. The number of unbranched alkanes of at least 4 members (excludes halogenated alkanes) is 1. The molecule has 0 saturated carbocycles. The van der Waals surface area contributed by atoms with Gasteiger partial charge in [-0.3, -0.25) is 19.2 Å². The van der Waals surface area contributed by atoms with Crippen molar-refractivity contribution in [3.8, 4) is 0 Å². The molecule has 0 amide bonds. The van der Waals surface area contributed by atoms with E-state index < -0.39 is 0 Å². The van der Waals surface area contributed by atoms with E-state index in [2.05, 4.69) is 21.7 Å². The molecule has 0 atom stereocenters. The molecule has 0 aliphatic carbocycles. The number of hydrogen-bond acceptors (Lipinski definition) is 5. The van der Waals surface area contributed by atoms with Crippen LogP contribution in [0.5, 0.6) is 0 Å². The lowest BCUT2D eigenvalue weighted by Crippen LogP contribution is -2.46. The van der Waals surface area contributed by atoms with Gasteiger partial charge >= 0.3 is 5.69 Å². The molecule has 3 heterocycles. The highest BCUT2D eigenvalue weighted by Crippen LogP contribution is 2.26. The van der Waals surface area contributed by atoms with Gasteiger partial charge in [-0.05, 0) is 18.6 Å². The molecular formula is C21H27ClN6O2. The van der Waals surface area contributed by atoms with Gasteiger partial charge < -0.3 is 9.47 Å². The number of anilines is 1. The fourth-order valence-corrected chi connectivity index (χ4v) is 4.27. The Kier molecular flexibility index (Phi) is 5.97. The molecule has 1 fully saturated rings. The standard InChI is InChI=1S/C21H27ClN6O2/c1-3-4-9-28-19-18(20(29)24-21(28)30)25(2)17(23-19)14-26-10-12-27(13-11-26)16-8-6-5-7-15(16)22/h5-8H,3-4,9-14H2,1-2H3,(H,24,29,30). The van der Waals surface area contributed by atoms with Crippen molar-refractivity contribution < 1.29 is 0 Å². The van der Waals surface area contributed by atoms with E-state index in [4.69, 9.17) is 16.6 Å². The highest BCUT2D eigenvalue weighted by atomic mass is 35.5. The van der Waals surface area contributed by atoms with Crippen LogP contribution >= 0.6 is 11.6 Å². The zero-order valence-electron chi connectivity index (χ0n) is 17.4. The van der Waals surface area contributed by atoms with Crippen LogP contribution in [0.2, 0.25) is 5.02 Å². The summed E-state index contributed by atoms with van der Waals surface area (Å²) in [6, 6.07) is 7.90. The smallest absolute Gasteiger partial charge is 0.330 e. The maximum atomic E-state index is 12.4. The van der Waals surface area contributed by atoms with Gasteiger partial charge in [0, 0.05) is 39.8 Å². The third kappa shape index (κ3) is 3.89. The summed E-state index contributed by atoms with van der Waals surface area (Å²) < 4.78 is 3.40. The van der Waals surface area contributed by atoms with Gasteiger partial charge in [-0.1, -0.05) is 37.1 Å². The number of nitrogens with one attached hydrogen (secondary N) is 1. The number of fused-ring (bicyclic) bond motifs is 1. The fraction of sp³-hybridized carbons (Fsp3) is 0.476. The Labute approximate surface area is 179 Å². The Balaban J connectivity index is 1.54. The summed E-state index contributed by atoms with van der Waals surface area (Å²) in [5.41, 5.74) is 1.22. The molecule has 1 N–H and O–H groups in total. The third-order valence-electron chi connectivity index (χ3n) is 5.77. The number of para-hydroxylation sites is 1. The summed E-state index contributed by atoms with van der Waals surface area (Å²) in [6.45, 7) is 6.73. The molecule has 1 aromatic carbocycles. The molecule has 3 aromatic rings. The van der Waals surface area contributed by atoms with Gasteiger partial charge in [-0.25, -0.2) is 9.78 Å². The Bertz CT molecular complexity index is 1160. The van der Waals surface area contributed by atoms with Crippen LogP contribution in [-0.4, -0.2) is 50.2 Å². The second kappa shape index (κ2) is 8.65. The number of aromatic nitrogens is 4. The molecule has 8 nitrogen and oxygen atoms in total. The van der Waals surface area contributed by atoms with Crippen LogP contribution in [-0.2, 0) is 20.1 Å². The quantitative estimate of drug-likeness (QED) is 0.648. The Morgan fingerprint density at radius 3 is 2.57 bits per heavy atom. The van der Waals surface area contributed by atoms with Gasteiger partial charge in [-0.15, -0.1) is 0 Å². The molecule has 0 spiro atoms. The van der Waals surface area contributed by atoms with E-state index in [9.17, 15) is 9.59 Å². The minimum Gasteiger partial charge on any atom is -0.368 e. The third-order valence-corrected chi connectivity index (χ3v) is 6.09. The van der Waals surface area contributed by atoms with E-state index in [1.165, 1.54) is 0 Å². The highest BCUT2D eigenvalue weighted by Gasteiger charge is 2.22. The zero-order chi connectivity index (χ0) is 21.3. The first-order valence-electron chi connectivity index (χ1n) is 10.4. The maximum absolute atomic E-state index is 12.4. The normalized spacial score (nSPS) is 15.2. The van der Waals surface area contributed by atoms with Gasteiger partial charge in [0.2, 0.25) is 0 Å². The van der Waals surface area contributed by atoms with Crippen molar-refractivity contribution >= 4 is 28.5 Å². The molecular weight excluding hydrogens is 404 g/mol. The number of rotatable bonds is 6. The molecule has 1 aliphatic heterocycles. The maximum Gasteiger partial charge on any atom is 0.330 e. The summed E-state index contributed by atoms with van der Waals surface area (Å²) in [4.78, 5) is 36.5. The molecule has 4 rings (SSSR count). The number of H-pyrrole nitrogens is 1. The second-order valence-electron chi connectivity index (χ2n) is 7.74. The van der Waals surface area contributed by atoms with Crippen LogP contribution in [0.15, 0.2) is 33.9 Å². The monoisotopic (exact) mass is 430 g/mol. The van der Waals surface area contributed by atoms with Crippen LogP contribution in [0.3, 0.4) is 0 Å². The van der Waals surface area contributed by atoms with Gasteiger partial charge in [-0.2, -0.15) is 0 Å². The Morgan fingerprint density at radius 2 is 1.87 bits per heavy atom. The first-order valence-corrected chi connectivity index (χ1v) is 10.8. The predicted molar refractivity (Wildman–Crippen MR) is 119 cm³/mol. The Hall–Kier alpha value is -2.58. The SMILES string of the molecule is CCCCn1c(=O)[nH]c(=O)c2c1nc(CN1CCN(c3ccccc3Cl)CC1)n2C. The van der Waals surface area contributed by atoms with Gasteiger partial charge in [0.25, 0.3) is 5.56 Å². The van der Waals surface area contributed by atoms with Crippen molar-refractivity contribution in [3.05, 3.63) is 56.0 Å². The molecule has 0 radical (unpaired) electrons. The molecule has 160 valence electrons. The number of benzene rings is 1. The molecule has 2 aromatic heterocycles. The molecule has 9 heteroatoms. The summed E-state index contributed by atoms with van der Waals surface area (Å²) in [7, 11) is 1.84. The molecule has 0 bridgehead atoms. The van der Waals surface area contributed by atoms with E-state index in [-0.39, 0.29) is 11.2 Å². The first-order chi connectivity index (χ1) is 14.5. The number of piperazine rings is 1. The summed E-state index contributed by atoms with van der Waals surface area (Å²) >= 11 is 6.34. The summed E-state index contributed by atoms with van der Waals surface area (Å²) in [6.07, 6.45) is 1.82. The van der Waals surface area contributed by atoms with E-state index in [0.717, 1.165) is 55.6 Å². The van der Waals surface area contributed by atoms with Crippen molar-refractivity contribution in [1.29, 1.82) is 0 Å². The molecule has 0 unspecified atom stereocenters. The van der Waals surface area contributed by atoms with E-state index in [1.807, 2.05) is 35.9 Å². The zero-order valence-corrected chi connectivity index (χ0v) is 18.2. The van der Waals surface area contributed by atoms with Crippen LogP contribution in [0.25, 0.3) is 11.2 Å². The summed E-state index contributed by atoms with van der Waals surface area (Å²) in [5, 5.41) is 0.769. The van der Waals surface area contributed by atoms with Crippen LogP contribution < -0.4 is 16.1 Å². The van der Waals surface area contributed by atoms with Crippen LogP contribution in [0, 0.1) is 0 Å². The van der Waals surface area contributed by atoms with Crippen molar-refractivity contribution in [2.45, 2.75) is 32.9 Å². The van der Waals surface area contributed by atoms with Gasteiger partial charge in [0.05, 0.1) is 17.3 Å². The lowest BCUT2D eigenvalue weighted by atomic mass is 10.2. The van der Waals surface area contributed by atoms with E-state index >= 15 is 0 Å². The second-order valence-corrected chi connectivity index (χ2v) is 8.15. The average Bonchev–Trinajstić information content (AvgIpc) is 3.05. The topological polar surface area (TPSA) is 79.2 Å². The van der Waals surface area contributed by atoms with E-state index in [1.54, 1.807) is 4.57 Å². The van der Waals surface area contributed by atoms with Crippen LogP contribution in [0.4, 0.5) is 5.69 Å². The van der Waals surface area contributed by atoms with E-state index in [0.29, 0.717) is 24.3 Å². The average molecular weight is 431 g/mol. The Morgan fingerprint density at radius 1 is 1.13 bits per heavy atom. The van der Waals surface area contributed by atoms with Crippen molar-refractivity contribution in [2.75, 3.05) is 31.1 Å². The molecule has 1 aliphatic rings. The van der Waals surface area contributed by atoms with Gasteiger partial charge in [0.15, 0.2) is 11.2 Å². The lowest BCUT2D eigenvalue weighted by Gasteiger charge is -2.36. The van der Waals surface area contributed by atoms with Crippen LogP contribution in [0.1, 0.15) is 25.6 Å². The van der Waals surface area contributed by atoms with Crippen molar-refractivity contribution in [1.82, 2.24) is 24.0 Å². The number of imidazole rings is 1. The predicted octanol–water partition coefficient (Wildman–Crippen LogP) is 2.20. The summed E-state index contributed by atoms with van der Waals surface area (Å²) in [5.74, 6) is 0.789. The highest BCUT2D eigenvalue weighted by molar-refractivity contribution is 6.33. The minimum absolute atomic E-state index is 0.382. The number of hydrogen-bond donors (Lipinski definition) is 1.